The van der Waals surface area contributed by atoms with Gasteiger partial charge in [0, 0.05) is 21.8 Å². The minimum absolute atomic E-state index is 0.701. The maximum absolute atomic E-state index is 10.0. The zero-order valence-corrected chi connectivity index (χ0v) is 26.6. The normalized spacial score (nSPS) is 11.7. The Bertz CT molecular complexity index is 2930. The maximum atomic E-state index is 10.0. The Labute approximate surface area is 283 Å². The maximum Gasteiger partial charge on any atom is 0.0998 e. The van der Waals surface area contributed by atoms with E-state index in [0.29, 0.717) is 5.56 Å². The molecular formula is C47H28N2. The molecule has 0 N–H and O–H groups in total. The highest BCUT2D eigenvalue weighted by Gasteiger charge is 2.21. The number of hydrogen-bond acceptors (Lipinski definition) is 1. The van der Waals surface area contributed by atoms with Gasteiger partial charge >= 0.3 is 0 Å². The molecule has 0 radical (unpaired) electrons. The van der Waals surface area contributed by atoms with Crippen LogP contribution in [0.15, 0.2) is 170 Å². The molecule has 1 heterocycles. The van der Waals surface area contributed by atoms with E-state index in [1.165, 1.54) is 65.7 Å². The SMILES string of the molecule is N#Cc1ccc2c3c1ccc1c(-c4ccc(-c5ccc(-c6ccccc6)c6ccccc56)c5ccccc45)ccc(c13)n2-c1ccccc1. The van der Waals surface area contributed by atoms with Crippen molar-refractivity contribution in [2.45, 2.75) is 0 Å². The predicted molar refractivity (Wildman–Crippen MR) is 206 cm³/mol. The number of nitrogens with zero attached hydrogens (tertiary/aromatic N) is 2. The molecule has 0 unspecified atom stereocenters. The number of nitriles is 1. The summed E-state index contributed by atoms with van der Waals surface area (Å²) in [7, 11) is 0. The fraction of sp³-hybridized carbons (Fsp3) is 0. The first kappa shape index (κ1) is 27.4. The topological polar surface area (TPSA) is 28.7 Å². The molecule has 49 heavy (non-hydrogen) atoms. The van der Waals surface area contributed by atoms with Crippen molar-refractivity contribution in [3.63, 3.8) is 0 Å². The van der Waals surface area contributed by atoms with E-state index in [1.807, 2.05) is 6.07 Å². The van der Waals surface area contributed by atoms with E-state index in [9.17, 15) is 5.26 Å². The summed E-state index contributed by atoms with van der Waals surface area (Å²) in [5, 5.41) is 19.5. The van der Waals surface area contributed by atoms with Crippen molar-refractivity contribution in [1.29, 1.82) is 5.26 Å². The average Bonchev–Trinajstić information content (AvgIpc) is 3.52. The second-order valence-electron chi connectivity index (χ2n) is 12.7. The molecule has 0 amide bonds. The minimum atomic E-state index is 0.701. The van der Waals surface area contributed by atoms with Crippen LogP contribution in [0.1, 0.15) is 5.56 Å². The molecule has 2 heteroatoms. The quantitative estimate of drug-likeness (QED) is 0.180. The Balaban J connectivity index is 1.23. The first-order valence-corrected chi connectivity index (χ1v) is 16.7. The Morgan fingerprint density at radius 1 is 0.347 bits per heavy atom. The first-order chi connectivity index (χ1) is 24.3. The fourth-order valence-electron chi connectivity index (χ4n) is 8.12. The summed E-state index contributed by atoms with van der Waals surface area (Å²) in [6.45, 7) is 0. The van der Waals surface area contributed by atoms with Gasteiger partial charge in [-0.3, -0.25) is 0 Å². The largest absolute Gasteiger partial charge is 0.309 e. The highest BCUT2D eigenvalue weighted by atomic mass is 15.0. The number of benzene rings is 9. The van der Waals surface area contributed by atoms with Gasteiger partial charge in [-0.1, -0.05) is 140 Å². The van der Waals surface area contributed by atoms with Crippen molar-refractivity contribution in [2.75, 3.05) is 0 Å². The molecule has 2 nitrogen and oxygen atoms in total. The van der Waals surface area contributed by atoms with Gasteiger partial charge in [-0.05, 0) is 90.6 Å². The van der Waals surface area contributed by atoms with Gasteiger partial charge < -0.3 is 4.57 Å². The standard InChI is InChI=1S/C47H28N2/c48-29-31-19-27-44-46-34(31)21-25-43-42(26-28-45(47(43)46)49(44)32-13-5-2-6-14-32)41-24-23-40(37-17-9-10-18-38(37)41)39-22-20-33(30-11-3-1-4-12-30)35-15-7-8-16-36(35)39/h1-28H. The molecule has 9 aromatic carbocycles. The van der Waals surface area contributed by atoms with Crippen molar-refractivity contribution >= 4 is 54.1 Å². The summed E-state index contributed by atoms with van der Waals surface area (Å²) < 4.78 is 2.33. The van der Waals surface area contributed by atoms with Crippen molar-refractivity contribution in [3.05, 3.63) is 175 Å². The number of hydrogen-bond donors (Lipinski definition) is 0. The third-order valence-electron chi connectivity index (χ3n) is 10.2. The molecule has 0 atom stereocenters. The molecule has 10 aromatic rings. The highest BCUT2D eigenvalue weighted by Crippen LogP contribution is 2.46. The van der Waals surface area contributed by atoms with Gasteiger partial charge in [-0.2, -0.15) is 5.26 Å². The van der Waals surface area contributed by atoms with Crippen LogP contribution in [0.5, 0.6) is 0 Å². The van der Waals surface area contributed by atoms with Gasteiger partial charge in [0.15, 0.2) is 0 Å². The van der Waals surface area contributed by atoms with Crippen molar-refractivity contribution < 1.29 is 0 Å². The Hall–Kier alpha value is -6.69. The zero-order valence-electron chi connectivity index (χ0n) is 26.6. The van der Waals surface area contributed by atoms with E-state index in [0.717, 1.165) is 27.5 Å². The predicted octanol–water partition coefficient (Wildman–Crippen LogP) is 12.6. The molecule has 0 bridgehead atoms. The van der Waals surface area contributed by atoms with Crippen molar-refractivity contribution in [2.24, 2.45) is 0 Å². The highest BCUT2D eigenvalue weighted by molar-refractivity contribution is 6.28. The second-order valence-corrected chi connectivity index (χ2v) is 12.7. The van der Waals surface area contributed by atoms with Crippen LogP contribution < -0.4 is 0 Å². The van der Waals surface area contributed by atoms with Crippen LogP contribution in [0, 0.1) is 11.3 Å². The van der Waals surface area contributed by atoms with E-state index < -0.39 is 0 Å². The molecule has 0 saturated carbocycles. The van der Waals surface area contributed by atoms with Gasteiger partial charge in [0.1, 0.15) is 0 Å². The smallest absolute Gasteiger partial charge is 0.0998 e. The lowest BCUT2D eigenvalue weighted by Gasteiger charge is -2.17. The number of fused-ring (bicyclic) bond motifs is 2. The molecule has 0 aliphatic carbocycles. The van der Waals surface area contributed by atoms with Gasteiger partial charge in [0.05, 0.1) is 22.7 Å². The van der Waals surface area contributed by atoms with Crippen molar-refractivity contribution in [3.8, 4) is 45.1 Å². The summed E-state index contributed by atoms with van der Waals surface area (Å²) in [5.74, 6) is 0. The van der Waals surface area contributed by atoms with Crippen LogP contribution in [0.25, 0.3) is 93.2 Å². The monoisotopic (exact) mass is 620 g/mol. The fourth-order valence-corrected chi connectivity index (χ4v) is 8.12. The van der Waals surface area contributed by atoms with Crippen molar-refractivity contribution in [1.82, 2.24) is 4.57 Å². The number of para-hydroxylation sites is 1. The van der Waals surface area contributed by atoms with E-state index in [2.05, 4.69) is 174 Å². The lowest BCUT2D eigenvalue weighted by atomic mass is 9.87. The van der Waals surface area contributed by atoms with E-state index in [-0.39, 0.29) is 0 Å². The average molecular weight is 621 g/mol. The van der Waals surface area contributed by atoms with Crippen LogP contribution in [0.3, 0.4) is 0 Å². The lowest BCUT2D eigenvalue weighted by molar-refractivity contribution is 1.18. The molecule has 0 spiro atoms. The van der Waals surface area contributed by atoms with E-state index in [4.69, 9.17) is 0 Å². The third-order valence-corrected chi connectivity index (χ3v) is 10.2. The van der Waals surface area contributed by atoms with Gasteiger partial charge in [-0.25, -0.2) is 0 Å². The summed E-state index contributed by atoms with van der Waals surface area (Å²) in [5.41, 5.74) is 11.4. The van der Waals surface area contributed by atoms with E-state index >= 15 is 0 Å². The Morgan fingerprint density at radius 3 is 1.37 bits per heavy atom. The number of rotatable bonds is 4. The Morgan fingerprint density at radius 2 is 0.776 bits per heavy atom. The zero-order chi connectivity index (χ0) is 32.5. The van der Waals surface area contributed by atoms with Crippen LogP contribution >= 0.6 is 0 Å². The molecule has 1 aromatic heterocycles. The molecule has 0 saturated heterocycles. The van der Waals surface area contributed by atoms with Gasteiger partial charge in [0.2, 0.25) is 0 Å². The second kappa shape index (κ2) is 10.7. The van der Waals surface area contributed by atoms with Gasteiger partial charge in [-0.15, -0.1) is 0 Å². The summed E-state index contributed by atoms with van der Waals surface area (Å²) in [6, 6.07) is 63.3. The summed E-state index contributed by atoms with van der Waals surface area (Å²) in [6.07, 6.45) is 0. The summed E-state index contributed by atoms with van der Waals surface area (Å²) >= 11 is 0. The van der Waals surface area contributed by atoms with Crippen LogP contribution in [-0.4, -0.2) is 4.57 Å². The van der Waals surface area contributed by atoms with Crippen LogP contribution in [0.4, 0.5) is 0 Å². The third kappa shape index (κ3) is 4.00. The number of aromatic nitrogens is 1. The van der Waals surface area contributed by atoms with Crippen LogP contribution in [0.2, 0.25) is 0 Å². The first-order valence-electron chi connectivity index (χ1n) is 16.7. The molecule has 226 valence electrons. The Kier molecular flexibility index (Phi) is 5.97. The minimum Gasteiger partial charge on any atom is -0.309 e. The van der Waals surface area contributed by atoms with E-state index in [1.54, 1.807) is 0 Å². The summed E-state index contributed by atoms with van der Waals surface area (Å²) in [4.78, 5) is 0. The molecular weight excluding hydrogens is 593 g/mol. The lowest BCUT2D eigenvalue weighted by Crippen LogP contribution is -1.93. The molecule has 0 aliphatic rings. The van der Waals surface area contributed by atoms with Crippen LogP contribution in [-0.2, 0) is 0 Å². The van der Waals surface area contributed by atoms with Gasteiger partial charge in [0.25, 0.3) is 0 Å². The molecule has 0 fully saturated rings. The molecule has 0 aliphatic heterocycles. The molecule has 10 rings (SSSR count).